The quantitative estimate of drug-likeness (QED) is 0.685. The summed E-state index contributed by atoms with van der Waals surface area (Å²) in [5.41, 5.74) is 2.53. The number of thioether (sulfide) groups is 1. The molecule has 1 aliphatic heterocycles. The smallest absolute Gasteiger partial charge is 0.0526 e. The molecule has 3 rings (SSSR count). The first-order chi connectivity index (χ1) is 6.93. The Morgan fingerprint density at radius 3 is 2.93 bits per heavy atom. The fourth-order valence-corrected chi connectivity index (χ4v) is 2.84. The van der Waals surface area contributed by atoms with Crippen molar-refractivity contribution in [3.63, 3.8) is 0 Å². The van der Waals surface area contributed by atoms with E-state index in [1.54, 1.807) is 0 Å². The molecule has 0 bridgehead atoms. The minimum absolute atomic E-state index is 1.16. The van der Waals surface area contributed by atoms with Gasteiger partial charge in [-0.05, 0) is 25.0 Å². The van der Waals surface area contributed by atoms with Gasteiger partial charge in [-0.2, -0.15) is 0 Å². The Kier molecular flexibility index (Phi) is 1.88. The van der Waals surface area contributed by atoms with Gasteiger partial charge in [0.25, 0.3) is 0 Å². The maximum absolute atomic E-state index is 3.47. The summed E-state index contributed by atoms with van der Waals surface area (Å²) in [6.45, 7) is 0. The molecule has 1 aromatic rings. The Labute approximate surface area is 87.9 Å². The summed E-state index contributed by atoms with van der Waals surface area (Å²) in [6, 6.07) is 8.46. The summed E-state index contributed by atoms with van der Waals surface area (Å²) in [6.07, 6.45) is 6.95. The van der Waals surface area contributed by atoms with E-state index in [0.717, 1.165) is 6.42 Å². The lowest BCUT2D eigenvalue weighted by atomic mass is 10.1. The molecule has 70 valence electrons. The molecular weight excluding hydrogens is 190 g/mol. The van der Waals surface area contributed by atoms with Crippen molar-refractivity contribution in [2.75, 3.05) is 5.32 Å². The van der Waals surface area contributed by atoms with Crippen LogP contribution in [0.4, 0.5) is 5.69 Å². The second kappa shape index (κ2) is 3.21. The number of fused-ring (bicyclic) bond motifs is 2. The van der Waals surface area contributed by atoms with Crippen LogP contribution < -0.4 is 5.32 Å². The lowest BCUT2D eigenvalue weighted by molar-refractivity contribution is 1.01. The van der Waals surface area contributed by atoms with Gasteiger partial charge in [-0.15, -0.1) is 0 Å². The van der Waals surface area contributed by atoms with Crippen molar-refractivity contribution in [1.29, 1.82) is 0 Å². The second-order valence-electron chi connectivity index (χ2n) is 3.49. The molecular formula is C12H11NS. The SMILES string of the molecule is C1=C2Nc3ccccc3SC2=CCC1. The highest BCUT2D eigenvalue weighted by atomic mass is 32.2. The van der Waals surface area contributed by atoms with Crippen molar-refractivity contribution in [3.8, 4) is 0 Å². The van der Waals surface area contributed by atoms with Gasteiger partial charge in [0.15, 0.2) is 0 Å². The largest absolute Gasteiger partial charge is 0.354 e. The minimum atomic E-state index is 1.16. The Balaban J connectivity index is 2.07. The maximum atomic E-state index is 3.47. The van der Waals surface area contributed by atoms with Crippen molar-refractivity contribution < 1.29 is 0 Å². The average Bonchev–Trinajstić information content (AvgIpc) is 2.26. The summed E-state index contributed by atoms with van der Waals surface area (Å²) < 4.78 is 0. The van der Waals surface area contributed by atoms with Crippen molar-refractivity contribution in [1.82, 2.24) is 0 Å². The zero-order valence-electron chi connectivity index (χ0n) is 7.79. The summed E-state index contributed by atoms with van der Waals surface area (Å²) in [5.74, 6) is 0. The Morgan fingerprint density at radius 1 is 1.07 bits per heavy atom. The first-order valence-electron chi connectivity index (χ1n) is 4.88. The van der Waals surface area contributed by atoms with Gasteiger partial charge in [-0.25, -0.2) is 0 Å². The summed E-state index contributed by atoms with van der Waals surface area (Å²) >= 11 is 1.87. The van der Waals surface area contributed by atoms with E-state index in [9.17, 15) is 0 Å². The molecule has 0 saturated heterocycles. The molecule has 0 atom stereocenters. The normalized spacial score (nSPS) is 18.6. The number of nitrogens with one attached hydrogen (secondary N) is 1. The molecule has 0 amide bonds. The fraction of sp³-hybridized carbons (Fsp3) is 0.167. The topological polar surface area (TPSA) is 12.0 Å². The number of rotatable bonds is 0. The predicted octanol–water partition coefficient (Wildman–Crippen LogP) is 3.77. The van der Waals surface area contributed by atoms with Crippen molar-refractivity contribution >= 4 is 17.4 Å². The monoisotopic (exact) mass is 201 g/mol. The first kappa shape index (κ1) is 8.18. The van der Waals surface area contributed by atoms with Crippen LogP contribution in [0, 0.1) is 0 Å². The highest BCUT2D eigenvalue weighted by Crippen LogP contribution is 2.43. The molecule has 2 aliphatic rings. The zero-order chi connectivity index (χ0) is 9.38. The number of anilines is 1. The van der Waals surface area contributed by atoms with Gasteiger partial charge in [0.1, 0.15) is 0 Å². The predicted molar refractivity (Wildman–Crippen MR) is 61.3 cm³/mol. The van der Waals surface area contributed by atoms with E-state index < -0.39 is 0 Å². The highest BCUT2D eigenvalue weighted by Gasteiger charge is 2.18. The van der Waals surface area contributed by atoms with Crippen LogP contribution in [0.15, 0.2) is 51.9 Å². The molecule has 0 aromatic heterocycles. The molecule has 1 aliphatic carbocycles. The second-order valence-corrected chi connectivity index (χ2v) is 4.57. The van der Waals surface area contributed by atoms with E-state index in [0.29, 0.717) is 0 Å². The third-order valence-electron chi connectivity index (χ3n) is 2.49. The van der Waals surface area contributed by atoms with Crippen molar-refractivity contribution in [2.24, 2.45) is 0 Å². The Morgan fingerprint density at radius 2 is 1.93 bits per heavy atom. The van der Waals surface area contributed by atoms with E-state index in [-0.39, 0.29) is 0 Å². The van der Waals surface area contributed by atoms with Gasteiger partial charge in [0.05, 0.1) is 5.69 Å². The Bertz CT molecular complexity index is 391. The van der Waals surface area contributed by atoms with Crippen LogP contribution in [-0.2, 0) is 0 Å². The van der Waals surface area contributed by atoms with Crippen LogP contribution in [-0.4, -0.2) is 0 Å². The molecule has 14 heavy (non-hydrogen) atoms. The van der Waals surface area contributed by atoms with Gasteiger partial charge in [-0.3, -0.25) is 0 Å². The van der Waals surface area contributed by atoms with Crippen LogP contribution in [0.1, 0.15) is 12.8 Å². The maximum Gasteiger partial charge on any atom is 0.0526 e. The van der Waals surface area contributed by atoms with Gasteiger partial charge < -0.3 is 5.32 Å². The molecule has 2 heteroatoms. The van der Waals surface area contributed by atoms with Crippen LogP contribution in [0.25, 0.3) is 0 Å². The fourth-order valence-electron chi connectivity index (χ4n) is 1.78. The number of para-hydroxylation sites is 1. The van der Waals surface area contributed by atoms with Gasteiger partial charge >= 0.3 is 0 Å². The third-order valence-corrected chi connectivity index (χ3v) is 3.67. The number of hydrogen-bond donors (Lipinski definition) is 1. The average molecular weight is 201 g/mol. The molecule has 1 nitrogen and oxygen atoms in total. The van der Waals surface area contributed by atoms with Gasteiger partial charge in [0, 0.05) is 15.5 Å². The number of benzene rings is 1. The van der Waals surface area contributed by atoms with Crippen molar-refractivity contribution in [3.05, 3.63) is 47.0 Å². The molecule has 1 aromatic carbocycles. The molecule has 0 fully saturated rings. The van der Waals surface area contributed by atoms with Crippen LogP contribution >= 0.6 is 11.8 Å². The molecule has 0 saturated carbocycles. The van der Waals surface area contributed by atoms with Crippen molar-refractivity contribution in [2.45, 2.75) is 17.7 Å². The standard InChI is InChI=1S/C12H11NS/c1-3-7-11-9(5-1)13-10-6-2-4-8-12(10)14-11/h1,3,5-8,13H,2,4H2. The van der Waals surface area contributed by atoms with Gasteiger partial charge in [-0.1, -0.05) is 36.0 Å². The highest BCUT2D eigenvalue weighted by molar-refractivity contribution is 8.03. The molecule has 0 radical (unpaired) electrons. The van der Waals surface area contributed by atoms with Gasteiger partial charge in [0.2, 0.25) is 0 Å². The van der Waals surface area contributed by atoms with E-state index in [4.69, 9.17) is 0 Å². The third kappa shape index (κ3) is 1.26. The molecule has 1 N–H and O–H groups in total. The number of hydrogen-bond acceptors (Lipinski definition) is 2. The Hall–Kier alpha value is -1.15. The van der Waals surface area contributed by atoms with E-state index in [1.165, 1.54) is 27.6 Å². The van der Waals surface area contributed by atoms with E-state index in [2.05, 4.69) is 41.7 Å². The van der Waals surface area contributed by atoms with Crippen LogP contribution in [0.3, 0.4) is 0 Å². The zero-order valence-corrected chi connectivity index (χ0v) is 8.60. The first-order valence-corrected chi connectivity index (χ1v) is 5.70. The van der Waals surface area contributed by atoms with E-state index >= 15 is 0 Å². The van der Waals surface area contributed by atoms with E-state index in [1.807, 2.05) is 11.8 Å². The molecule has 1 heterocycles. The lowest BCUT2D eigenvalue weighted by Crippen LogP contribution is -2.08. The summed E-state index contributed by atoms with van der Waals surface area (Å²) in [5, 5.41) is 3.47. The number of allylic oxidation sites excluding steroid dienone is 2. The molecule has 0 spiro atoms. The van der Waals surface area contributed by atoms with Crippen LogP contribution in [0.5, 0.6) is 0 Å². The summed E-state index contributed by atoms with van der Waals surface area (Å²) in [7, 11) is 0. The molecule has 0 unspecified atom stereocenters. The van der Waals surface area contributed by atoms with Crippen LogP contribution in [0.2, 0.25) is 0 Å². The lowest BCUT2D eigenvalue weighted by Gasteiger charge is -2.24. The minimum Gasteiger partial charge on any atom is -0.354 e. The summed E-state index contributed by atoms with van der Waals surface area (Å²) in [4.78, 5) is 2.72.